The van der Waals surface area contributed by atoms with E-state index >= 15 is 0 Å². The molecule has 202 valence electrons. The molecule has 39 heavy (non-hydrogen) atoms. The summed E-state index contributed by atoms with van der Waals surface area (Å²) >= 11 is 0. The number of benzene rings is 4. The Kier molecular flexibility index (Phi) is 5.37. The van der Waals surface area contributed by atoms with Crippen LogP contribution >= 0.6 is 0 Å². The summed E-state index contributed by atoms with van der Waals surface area (Å²) in [6.07, 6.45) is 0. The van der Waals surface area contributed by atoms with E-state index < -0.39 is 17.4 Å². The van der Waals surface area contributed by atoms with E-state index in [2.05, 4.69) is 34.6 Å². The van der Waals surface area contributed by atoms with E-state index in [9.17, 15) is 15.0 Å². The van der Waals surface area contributed by atoms with Gasteiger partial charge >= 0.3 is 5.97 Å². The second kappa shape index (κ2) is 8.18. The van der Waals surface area contributed by atoms with E-state index in [4.69, 9.17) is 19.2 Å². The molecule has 2 aliphatic heterocycles. The average molecular weight is 529 g/mol. The number of ether oxygens (including phenoxy) is 2. The lowest BCUT2D eigenvalue weighted by Gasteiger charge is -2.61. The second-order valence-electron chi connectivity index (χ2n) is 12.1. The van der Waals surface area contributed by atoms with E-state index in [1.54, 1.807) is 12.1 Å². The standard InChI is InChI=1S/C32H32O7/c1-29(2,3)32-30(4,5)17-37-31(32,38-39-32)23-13-9-12-21-20(23)14-15-24(33)25(21)26-19-11-8-7-10-18(19)16-22(28(34)35)27(26)36-6/h7-16,33H,17H2,1-6H3,(H,34,35)/t31-,32-/m0/s1. The lowest BCUT2D eigenvalue weighted by Crippen LogP contribution is -2.73. The highest BCUT2D eigenvalue weighted by molar-refractivity contribution is 6.13. The Hall–Kier alpha value is -3.65. The molecule has 2 N–H and O–H groups in total. The zero-order chi connectivity index (χ0) is 28.0. The topological polar surface area (TPSA) is 94.5 Å². The van der Waals surface area contributed by atoms with Gasteiger partial charge in [-0.15, -0.1) is 0 Å². The van der Waals surface area contributed by atoms with Crippen LogP contribution in [0.4, 0.5) is 0 Å². The van der Waals surface area contributed by atoms with E-state index in [-0.39, 0.29) is 27.9 Å². The van der Waals surface area contributed by atoms with Gasteiger partial charge in [-0.25, -0.2) is 9.68 Å². The minimum atomic E-state index is -1.17. The van der Waals surface area contributed by atoms with Crippen molar-refractivity contribution in [2.24, 2.45) is 10.8 Å². The summed E-state index contributed by atoms with van der Waals surface area (Å²) in [5.41, 5.74) is 0.286. The molecule has 4 aromatic rings. The molecular formula is C32H32O7. The van der Waals surface area contributed by atoms with Gasteiger partial charge in [0.15, 0.2) is 5.60 Å². The fourth-order valence-corrected chi connectivity index (χ4v) is 7.06. The molecule has 4 aromatic carbocycles. The van der Waals surface area contributed by atoms with E-state index in [1.807, 2.05) is 48.5 Å². The minimum absolute atomic E-state index is 0.00340. The van der Waals surface area contributed by atoms with Gasteiger partial charge in [-0.2, -0.15) is 4.89 Å². The normalized spacial score (nSPS) is 23.9. The number of hydrogen-bond donors (Lipinski definition) is 2. The molecule has 2 atom stereocenters. The number of carboxylic acid groups (broad SMARTS) is 1. The molecular weight excluding hydrogens is 496 g/mol. The van der Waals surface area contributed by atoms with Crippen LogP contribution in [0, 0.1) is 10.8 Å². The number of fused-ring (bicyclic) bond motifs is 3. The average Bonchev–Trinajstić information content (AvgIpc) is 3.03. The van der Waals surface area contributed by atoms with Crippen LogP contribution in [0.2, 0.25) is 0 Å². The van der Waals surface area contributed by atoms with Gasteiger partial charge in [-0.1, -0.05) is 83.1 Å². The van der Waals surface area contributed by atoms with Crippen molar-refractivity contribution in [1.29, 1.82) is 0 Å². The lowest BCUT2D eigenvalue weighted by molar-refractivity contribution is -0.626. The summed E-state index contributed by atoms with van der Waals surface area (Å²) in [5.74, 6) is -2.10. The molecule has 0 amide bonds. The van der Waals surface area contributed by atoms with Crippen molar-refractivity contribution in [3.05, 3.63) is 71.8 Å². The Morgan fingerprint density at radius 3 is 2.28 bits per heavy atom. The predicted octanol–water partition coefficient (Wildman–Crippen LogP) is 7.03. The molecule has 2 fully saturated rings. The molecule has 2 aliphatic rings. The van der Waals surface area contributed by atoms with Gasteiger partial charge in [0, 0.05) is 27.5 Å². The number of aromatic hydroxyl groups is 1. The first-order chi connectivity index (χ1) is 18.4. The Morgan fingerprint density at radius 1 is 0.923 bits per heavy atom. The van der Waals surface area contributed by atoms with Crippen molar-refractivity contribution in [2.45, 2.75) is 46.0 Å². The van der Waals surface area contributed by atoms with Crippen molar-refractivity contribution in [3.63, 3.8) is 0 Å². The highest BCUT2D eigenvalue weighted by Gasteiger charge is 2.81. The van der Waals surface area contributed by atoms with Crippen LogP contribution in [0.5, 0.6) is 11.5 Å². The van der Waals surface area contributed by atoms with E-state index in [1.165, 1.54) is 7.11 Å². The quantitative estimate of drug-likeness (QED) is 0.275. The first-order valence-electron chi connectivity index (χ1n) is 13.0. The van der Waals surface area contributed by atoms with Crippen molar-refractivity contribution in [2.75, 3.05) is 13.7 Å². The number of rotatable bonds is 4. The van der Waals surface area contributed by atoms with Crippen molar-refractivity contribution < 1.29 is 34.3 Å². The molecule has 0 unspecified atom stereocenters. The molecule has 0 saturated carbocycles. The van der Waals surface area contributed by atoms with Crippen LogP contribution in [-0.4, -0.2) is 35.5 Å². The monoisotopic (exact) mass is 528 g/mol. The highest BCUT2D eigenvalue weighted by atomic mass is 17.3. The third kappa shape index (κ3) is 3.12. The number of phenols is 1. The molecule has 7 heteroatoms. The van der Waals surface area contributed by atoms with Crippen LogP contribution in [0.1, 0.15) is 50.5 Å². The zero-order valence-electron chi connectivity index (χ0n) is 22.9. The van der Waals surface area contributed by atoms with Gasteiger partial charge in [0.2, 0.25) is 0 Å². The van der Waals surface area contributed by atoms with Gasteiger partial charge in [0.1, 0.15) is 17.1 Å². The fourth-order valence-electron chi connectivity index (χ4n) is 7.06. The summed E-state index contributed by atoms with van der Waals surface area (Å²) < 4.78 is 12.2. The molecule has 0 aliphatic carbocycles. The number of carbonyl (C=O) groups is 1. The largest absolute Gasteiger partial charge is 0.507 e. The number of hydrogen-bond acceptors (Lipinski definition) is 6. The molecule has 0 aromatic heterocycles. The molecule has 6 rings (SSSR count). The van der Waals surface area contributed by atoms with Gasteiger partial charge < -0.3 is 19.7 Å². The third-order valence-corrected chi connectivity index (χ3v) is 8.47. The summed E-state index contributed by atoms with van der Waals surface area (Å²) in [6.45, 7) is 11.1. The van der Waals surface area contributed by atoms with Gasteiger partial charge in [-0.3, -0.25) is 0 Å². The van der Waals surface area contributed by atoms with Crippen LogP contribution < -0.4 is 4.74 Å². The summed E-state index contributed by atoms with van der Waals surface area (Å²) in [5, 5.41) is 24.4. The van der Waals surface area contributed by atoms with Crippen LogP contribution in [0.15, 0.2) is 60.7 Å². The van der Waals surface area contributed by atoms with Gasteiger partial charge in [0.05, 0.1) is 13.7 Å². The summed E-state index contributed by atoms with van der Waals surface area (Å²) in [4.78, 5) is 24.3. The van der Waals surface area contributed by atoms with Crippen molar-refractivity contribution in [1.82, 2.24) is 0 Å². The Balaban J connectivity index is 1.71. The molecule has 2 saturated heterocycles. The maximum Gasteiger partial charge on any atom is 0.339 e. The number of carboxylic acids is 1. The summed E-state index contributed by atoms with van der Waals surface area (Å²) in [6, 6.07) is 18.3. The molecule has 2 heterocycles. The first-order valence-corrected chi connectivity index (χ1v) is 13.0. The number of methoxy groups -OCH3 is 1. The maximum atomic E-state index is 12.3. The predicted molar refractivity (Wildman–Crippen MR) is 148 cm³/mol. The van der Waals surface area contributed by atoms with Crippen LogP contribution in [0.3, 0.4) is 0 Å². The third-order valence-electron chi connectivity index (χ3n) is 8.47. The second-order valence-corrected chi connectivity index (χ2v) is 12.1. The number of aromatic carboxylic acids is 1. The zero-order valence-corrected chi connectivity index (χ0v) is 22.9. The van der Waals surface area contributed by atoms with Gasteiger partial charge in [-0.05, 0) is 33.7 Å². The fraction of sp³-hybridized carbons (Fsp3) is 0.344. The van der Waals surface area contributed by atoms with Crippen molar-refractivity contribution >= 4 is 27.5 Å². The minimum Gasteiger partial charge on any atom is -0.507 e. The SMILES string of the molecule is COc1c(C(=O)O)cc2ccccc2c1-c1c(O)ccc2c([C@@]34OCC(C)(C)[C@]3(C(C)(C)C)OO4)cccc12. The maximum absolute atomic E-state index is 12.3. The van der Waals surface area contributed by atoms with Crippen LogP contribution in [-0.2, 0) is 20.3 Å². The Bertz CT molecular complexity index is 1670. The van der Waals surface area contributed by atoms with E-state index in [0.29, 0.717) is 23.1 Å². The van der Waals surface area contributed by atoms with Gasteiger partial charge in [0.25, 0.3) is 5.79 Å². The highest BCUT2D eigenvalue weighted by Crippen LogP contribution is 2.69. The van der Waals surface area contributed by atoms with Crippen molar-refractivity contribution in [3.8, 4) is 22.6 Å². The molecule has 0 bridgehead atoms. The Labute approximate surface area is 226 Å². The number of phenolic OH excluding ortho intramolecular Hbond substituents is 1. The molecule has 0 radical (unpaired) electrons. The van der Waals surface area contributed by atoms with Crippen LogP contribution in [0.25, 0.3) is 32.7 Å². The lowest BCUT2D eigenvalue weighted by atomic mass is 9.57. The smallest absolute Gasteiger partial charge is 0.339 e. The Morgan fingerprint density at radius 2 is 1.64 bits per heavy atom. The molecule has 0 spiro atoms. The summed E-state index contributed by atoms with van der Waals surface area (Å²) in [7, 11) is 1.44. The first kappa shape index (κ1) is 25.6. The molecule has 7 nitrogen and oxygen atoms in total. The van der Waals surface area contributed by atoms with E-state index in [0.717, 1.165) is 21.7 Å².